The Morgan fingerprint density at radius 2 is 1.47 bits per heavy atom. The smallest absolute Gasteiger partial charge is 0.490 e. The van der Waals surface area contributed by atoms with E-state index in [1.165, 1.54) is 11.1 Å². The van der Waals surface area contributed by atoms with Gasteiger partial charge in [0.15, 0.2) is 0 Å². The van der Waals surface area contributed by atoms with Crippen LogP contribution in [0.3, 0.4) is 0 Å². The molecule has 0 heterocycles. The van der Waals surface area contributed by atoms with Crippen LogP contribution in [0.15, 0.2) is 54.6 Å². The highest BCUT2D eigenvalue weighted by Crippen LogP contribution is 2.14. The molecule has 34 heavy (non-hydrogen) atoms. The number of rotatable bonds is 14. The van der Waals surface area contributed by atoms with E-state index in [2.05, 4.69) is 29.6 Å². The highest BCUT2D eigenvalue weighted by molar-refractivity contribution is 5.73. The van der Waals surface area contributed by atoms with E-state index in [4.69, 9.17) is 24.5 Å². The first-order valence-corrected chi connectivity index (χ1v) is 10.7. The molecule has 3 N–H and O–H groups in total. The van der Waals surface area contributed by atoms with Gasteiger partial charge in [-0.3, -0.25) is 4.79 Å². The lowest BCUT2D eigenvalue weighted by molar-refractivity contribution is -0.192. The fourth-order valence-corrected chi connectivity index (χ4v) is 2.57. The summed E-state index contributed by atoms with van der Waals surface area (Å²) in [6.07, 6.45) is -2.11. The van der Waals surface area contributed by atoms with Gasteiger partial charge >= 0.3 is 18.1 Å². The van der Waals surface area contributed by atoms with Crippen LogP contribution in [0.4, 0.5) is 13.2 Å². The Morgan fingerprint density at radius 3 is 2.06 bits per heavy atom. The Labute approximate surface area is 196 Å². The molecule has 0 aliphatic heterocycles. The molecule has 188 valence electrons. The van der Waals surface area contributed by atoms with Crippen LogP contribution >= 0.6 is 0 Å². The number of aliphatic carboxylic acids is 2. The van der Waals surface area contributed by atoms with E-state index < -0.39 is 18.1 Å². The van der Waals surface area contributed by atoms with Crippen LogP contribution in [0.2, 0.25) is 0 Å². The molecule has 0 spiro atoms. The number of nitrogens with one attached hydrogen (secondary N) is 1. The fraction of sp³-hybridized carbons (Fsp3) is 0.417. The molecular formula is C24H30F3NO6. The molecule has 2 aromatic carbocycles. The molecule has 0 aliphatic rings. The number of unbranched alkanes of at least 4 members (excludes halogenated alkanes) is 1. The summed E-state index contributed by atoms with van der Waals surface area (Å²) in [6.45, 7) is 3.37. The summed E-state index contributed by atoms with van der Waals surface area (Å²) in [5.74, 6) is -2.65. The molecule has 0 unspecified atom stereocenters. The Bertz CT molecular complexity index is 829. The van der Waals surface area contributed by atoms with Gasteiger partial charge in [0.2, 0.25) is 0 Å². The predicted molar refractivity (Wildman–Crippen MR) is 120 cm³/mol. The summed E-state index contributed by atoms with van der Waals surface area (Å²) < 4.78 is 43.2. The molecule has 0 fully saturated rings. The van der Waals surface area contributed by atoms with E-state index >= 15 is 0 Å². The molecule has 2 rings (SSSR count). The van der Waals surface area contributed by atoms with E-state index in [0.29, 0.717) is 19.8 Å². The van der Waals surface area contributed by atoms with Crippen LogP contribution in [-0.4, -0.2) is 54.6 Å². The Balaban J connectivity index is 0.000000718. The summed E-state index contributed by atoms with van der Waals surface area (Å²) in [7, 11) is 0. The zero-order chi connectivity index (χ0) is 25.2. The van der Waals surface area contributed by atoms with Gasteiger partial charge in [-0.25, -0.2) is 4.79 Å². The minimum absolute atomic E-state index is 0.157. The van der Waals surface area contributed by atoms with Crippen molar-refractivity contribution in [3.8, 4) is 5.75 Å². The highest BCUT2D eigenvalue weighted by Gasteiger charge is 2.38. The first-order valence-electron chi connectivity index (χ1n) is 10.7. The monoisotopic (exact) mass is 485 g/mol. The molecule has 2 aromatic rings. The van der Waals surface area contributed by atoms with Gasteiger partial charge in [-0.1, -0.05) is 42.5 Å². The second-order valence-corrected chi connectivity index (χ2v) is 7.18. The van der Waals surface area contributed by atoms with E-state index in [1.807, 2.05) is 30.3 Å². The van der Waals surface area contributed by atoms with Crippen LogP contribution in [-0.2, 0) is 27.4 Å². The molecule has 0 radical (unpaired) electrons. The van der Waals surface area contributed by atoms with E-state index in [1.54, 1.807) is 0 Å². The van der Waals surface area contributed by atoms with Gasteiger partial charge in [0.05, 0.1) is 19.6 Å². The number of hydrogen-bond acceptors (Lipinski definition) is 5. The second-order valence-electron chi connectivity index (χ2n) is 7.18. The molecule has 10 heteroatoms. The highest BCUT2D eigenvalue weighted by atomic mass is 19.4. The third-order valence-electron chi connectivity index (χ3n) is 4.34. The maximum Gasteiger partial charge on any atom is 0.490 e. The van der Waals surface area contributed by atoms with Gasteiger partial charge in [0, 0.05) is 13.2 Å². The molecule has 0 amide bonds. The topological polar surface area (TPSA) is 105 Å². The summed E-state index contributed by atoms with van der Waals surface area (Å²) in [5, 5.41) is 18.8. The Hall–Kier alpha value is -3.11. The van der Waals surface area contributed by atoms with Gasteiger partial charge in [0.25, 0.3) is 0 Å². The third kappa shape index (κ3) is 14.9. The number of carboxylic acids is 2. The first kappa shape index (κ1) is 28.9. The fourth-order valence-electron chi connectivity index (χ4n) is 2.57. The second kappa shape index (κ2) is 16.5. The average molecular weight is 485 g/mol. The van der Waals surface area contributed by atoms with Crippen LogP contribution < -0.4 is 10.1 Å². The lowest BCUT2D eigenvalue weighted by atomic mass is 10.1. The van der Waals surface area contributed by atoms with Gasteiger partial charge in [0.1, 0.15) is 5.75 Å². The maximum atomic E-state index is 10.6. The lowest BCUT2D eigenvalue weighted by Crippen LogP contribution is -2.21. The Kier molecular flexibility index (Phi) is 14.0. The number of alkyl halides is 3. The molecule has 0 bridgehead atoms. The molecule has 0 saturated heterocycles. The van der Waals surface area contributed by atoms with Gasteiger partial charge in [-0.05, 0) is 49.1 Å². The number of carbonyl (C=O) groups is 2. The van der Waals surface area contributed by atoms with Crippen molar-refractivity contribution in [2.45, 2.75) is 38.5 Å². The number of halogens is 3. The Morgan fingerprint density at radius 1 is 0.853 bits per heavy atom. The lowest BCUT2D eigenvalue weighted by Gasteiger charge is -2.08. The summed E-state index contributed by atoms with van der Waals surface area (Å²) in [4.78, 5) is 19.3. The number of carboxylic acid groups (broad SMARTS) is 2. The van der Waals surface area contributed by atoms with Gasteiger partial charge in [-0.2, -0.15) is 13.2 Å². The normalized spacial score (nSPS) is 10.8. The molecule has 0 atom stereocenters. The minimum atomic E-state index is -5.08. The van der Waals surface area contributed by atoms with Crippen LogP contribution in [0.25, 0.3) is 0 Å². The number of hydrogen-bond donors (Lipinski definition) is 3. The van der Waals surface area contributed by atoms with Crippen molar-refractivity contribution in [1.82, 2.24) is 5.32 Å². The van der Waals surface area contributed by atoms with Crippen molar-refractivity contribution < 1.29 is 42.4 Å². The summed E-state index contributed by atoms with van der Waals surface area (Å²) in [6, 6.07) is 18.3. The summed E-state index contributed by atoms with van der Waals surface area (Å²) >= 11 is 0. The van der Waals surface area contributed by atoms with Crippen molar-refractivity contribution in [3.05, 3.63) is 65.7 Å². The quantitative estimate of drug-likeness (QED) is 0.343. The standard InChI is InChI=1S/C22H29NO4.C2HF3O2/c24-22(25)13-15-23-14-12-19-8-10-21(11-9-19)27-17-5-4-16-26-18-20-6-2-1-3-7-20;3-2(4,5)1(6)7/h1-3,6-11,23H,4-5,12-18H2,(H,24,25);(H,6,7). The predicted octanol–water partition coefficient (Wildman–Crippen LogP) is 4.30. The van der Waals surface area contributed by atoms with E-state index in [0.717, 1.165) is 38.2 Å². The molecule has 0 saturated carbocycles. The minimum Gasteiger partial charge on any atom is -0.494 e. The summed E-state index contributed by atoms with van der Waals surface area (Å²) in [5.41, 5.74) is 2.41. The van der Waals surface area contributed by atoms with E-state index in [9.17, 15) is 18.0 Å². The van der Waals surface area contributed by atoms with Gasteiger partial charge < -0.3 is 25.0 Å². The van der Waals surface area contributed by atoms with Crippen molar-refractivity contribution in [2.75, 3.05) is 26.3 Å². The zero-order valence-corrected chi connectivity index (χ0v) is 18.7. The van der Waals surface area contributed by atoms with Crippen molar-refractivity contribution >= 4 is 11.9 Å². The van der Waals surface area contributed by atoms with Crippen LogP contribution in [0.5, 0.6) is 5.75 Å². The van der Waals surface area contributed by atoms with Gasteiger partial charge in [-0.15, -0.1) is 0 Å². The van der Waals surface area contributed by atoms with Crippen molar-refractivity contribution in [1.29, 1.82) is 0 Å². The number of benzene rings is 2. The van der Waals surface area contributed by atoms with Crippen LogP contribution in [0.1, 0.15) is 30.4 Å². The molecule has 7 nitrogen and oxygen atoms in total. The van der Waals surface area contributed by atoms with Crippen LogP contribution in [0, 0.1) is 0 Å². The molecule has 0 aliphatic carbocycles. The van der Waals surface area contributed by atoms with Crippen molar-refractivity contribution in [3.63, 3.8) is 0 Å². The van der Waals surface area contributed by atoms with Crippen molar-refractivity contribution in [2.24, 2.45) is 0 Å². The molecular weight excluding hydrogens is 455 g/mol. The first-order chi connectivity index (χ1) is 16.2. The third-order valence-corrected chi connectivity index (χ3v) is 4.34. The molecule has 0 aromatic heterocycles. The van der Waals surface area contributed by atoms with E-state index in [-0.39, 0.29) is 6.42 Å². The number of ether oxygens (including phenoxy) is 2. The SMILES string of the molecule is O=C(O)C(F)(F)F.O=C(O)CCNCCc1ccc(OCCCCOCc2ccccc2)cc1. The zero-order valence-electron chi connectivity index (χ0n) is 18.7. The largest absolute Gasteiger partial charge is 0.494 e. The average Bonchev–Trinajstić information content (AvgIpc) is 2.79. The maximum absolute atomic E-state index is 10.6.